The van der Waals surface area contributed by atoms with Gasteiger partial charge in [-0.15, -0.1) is 0 Å². The first-order valence-corrected chi connectivity index (χ1v) is 7.52. The predicted molar refractivity (Wildman–Crippen MR) is 79.4 cm³/mol. The predicted octanol–water partition coefficient (Wildman–Crippen LogP) is 3.23. The van der Waals surface area contributed by atoms with Crippen molar-refractivity contribution in [3.05, 3.63) is 48.2 Å². The summed E-state index contributed by atoms with van der Waals surface area (Å²) < 4.78 is 13.3. The average Bonchev–Trinajstić information content (AvgIpc) is 3.03. The molecule has 0 saturated carbocycles. The van der Waals surface area contributed by atoms with Crippen LogP contribution in [-0.2, 0) is 0 Å². The van der Waals surface area contributed by atoms with Crippen LogP contribution in [0.5, 0.6) is 0 Å². The van der Waals surface area contributed by atoms with E-state index in [0.29, 0.717) is 17.7 Å². The molecule has 2 aliphatic rings. The Morgan fingerprint density at radius 2 is 2.14 bits per heavy atom. The quantitative estimate of drug-likeness (QED) is 0.792. The van der Waals surface area contributed by atoms with Crippen molar-refractivity contribution in [1.29, 1.82) is 0 Å². The Balaban J connectivity index is 1.68. The van der Waals surface area contributed by atoms with Gasteiger partial charge in [-0.25, -0.2) is 4.98 Å². The van der Waals surface area contributed by atoms with Gasteiger partial charge in [0.15, 0.2) is 0 Å². The van der Waals surface area contributed by atoms with Gasteiger partial charge in [-0.05, 0) is 50.1 Å². The van der Waals surface area contributed by atoms with Crippen LogP contribution in [0.4, 0.5) is 4.39 Å². The Labute approximate surface area is 123 Å². The zero-order valence-electron chi connectivity index (χ0n) is 12.0. The summed E-state index contributed by atoms with van der Waals surface area (Å²) in [6.45, 7) is 0. The molecule has 21 heavy (non-hydrogen) atoms. The lowest BCUT2D eigenvalue weighted by atomic mass is 9.84. The first-order chi connectivity index (χ1) is 10.2. The van der Waals surface area contributed by atoms with E-state index in [4.69, 9.17) is 0 Å². The summed E-state index contributed by atoms with van der Waals surface area (Å²) in [5, 5.41) is 0. The highest BCUT2D eigenvalue weighted by atomic mass is 19.1. The van der Waals surface area contributed by atoms with E-state index in [1.54, 1.807) is 12.3 Å². The van der Waals surface area contributed by atoms with Gasteiger partial charge in [0, 0.05) is 36.0 Å². The van der Waals surface area contributed by atoms with Crippen molar-refractivity contribution in [2.45, 2.75) is 37.3 Å². The molecule has 2 saturated heterocycles. The summed E-state index contributed by atoms with van der Waals surface area (Å²) in [5.41, 5.74) is 2.82. The summed E-state index contributed by atoms with van der Waals surface area (Å²) in [7, 11) is 2.23. The third kappa shape index (κ3) is 2.14. The van der Waals surface area contributed by atoms with Crippen molar-refractivity contribution in [2.75, 3.05) is 7.05 Å². The number of halogens is 1. The van der Waals surface area contributed by atoms with E-state index in [1.807, 2.05) is 12.3 Å². The van der Waals surface area contributed by atoms with Crippen molar-refractivity contribution < 1.29 is 4.39 Å². The topological polar surface area (TPSA) is 29.0 Å². The molecular formula is C17H18FN3. The highest BCUT2D eigenvalue weighted by Gasteiger charge is 2.44. The van der Waals surface area contributed by atoms with Gasteiger partial charge in [0.2, 0.25) is 5.95 Å². The summed E-state index contributed by atoms with van der Waals surface area (Å²) in [6, 6.07) is 8.37. The lowest BCUT2D eigenvalue weighted by Crippen LogP contribution is -2.25. The van der Waals surface area contributed by atoms with Gasteiger partial charge in [0.25, 0.3) is 0 Å². The van der Waals surface area contributed by atoms with Gasteiger partial charge in [-0.2, -0.15) is 4.39 Å². The van der Waals surface area contributed by atoms with Crippen LogP contribution < -0.4 is 0 Å². The van der Waals surface area contributed by atoms with Gasteiger partial charge in [0.1, 0.15) is 0 Å². The summed E-state index contributed by atoms with van der Waals surface area (Å²) in [5.74, 6) is 0.104. The molecule has 108 valence electrons. The lowest BCUT2D eigenvalue weighted by molar-refractivity contribution is 0.307. The Hall–Kier alpha value is -1.81. The Morgan fingerprint density at radius 1 is 1.24 bits per heavy atom. The van der Waals surface area contributed by atoms with Crippen LogP contribution in [-0.4, -0.2) is 34.0 Å². The van der Waals surface area contributed by atoms with Crippen LogP contribution in [0.3, 0.4) is 0 Å². The molecule has 0 unspecified atom stereocenters. The Bertz CT molecular complexity index is 673. The SMILES string of the molecule is CN1[C@H]2CC[C@@H]1[C@@H](c1cncc(-c3cccc(F)n3)c1)C2. The number of likely N-dealkylation sites (N-methyl/N-ethyl adjacent to an activating group) is 1. The maximum atomic E-state index is 13.3. The molecule has 2 aromatic heterocycles. The second kappa shape index (κ2) is 4.88. The van der Waals surface area contributed by atoms with Crippen LogP contribution in [0.1, 0.15) is 30.7 Å². The fourth-order valence-corrected chi connectivity index (χ4v) is 3.99. The van der Waals surface area contributed by atoms with Crippen LogP contribution >= 0.6 is 0 Å². The average molecular weight is 283 g/mol. The molecule has 4 heterocycles. The van der Waals surface area contributed by atoms with Crippen molar-refractivity contribution in [3.63, 3.8) is 0 Å². The molecule has 0 radical (unpaired) electrons. The van der Waals surface area contributed by atoms with E-state index < -0.39 is 5.95 Å². The van der Waals surface area contributed by atoms with Crippen LogP contribution in [0.15, 0.2) is 36.7 Å². The molecule has 4 rings (SSSR count). The summed E-state index contributed by atoms with van der Waals surface area (Å²) in [4.78, 5) is 10.8. The summed E-state index contributed by atoms with van der Waals surface area (Å²) in [6.07, 6.45) is 7.53. The maximum absolute atomic E-state index is 13.3. The second-order valence-corrected chi connectivity index (χ2v) is 6.16. The van der Waals surface area contributed by atoms with Crippen molar-refractivity contribution in [1.82, 2.24) is 14.9 Å². The fraction of sp³-hybridized carbons (Fsp3) is 0.412. The van der Waals surface area contributed by atoms with E-state index in [-0.39, 0.29) is 0 Å². The fourth-order valence-electron chi connectivity index (χ4n) is 3.99. The molecule has 0 aromatic carbocycles. The van der Waals surface area contributed by atoms with E-state index in [9.17, 15) is 4.39 Å². The van der Waals surface area contributed by atoms with Crippen LogP contribution in [0.25, 0.3) is 11.3 Å². The number of nitrogens with zero attached hydrogens (tertiary/aromatic N) is 3. The van der Waals surface area contributed by atoms with Crippen molar-refractivity contribution in [3.8, 4) is 11.3 Å². The van der Waals surface area contributed by atoms with E-state index >= 15 is 0 Å². The lowest BCUT2D eigenvalue weighted by Gasteiger charge is -2.22. The minimum absolute atomic E-state index is 0.447. The molecule has 2 aromatic rings. The molecule has 2 bridgehead atoms. The second-order valence-electron chi connectivity index (χ2n) is 6.16. The Kier molecular flexibility index (Phi) is 3.00. The highest BCUT2D eigenvalue weighted by molar-refractivity contribution is 5.58. The third-order valence-corrected chi connectivity index (χ3v) is 5.08. The van der Waals surface area contributed by atoms with E-state index in [1.165, 1.54) is 30.9 Å². The van der Waals surface area contributed by atoms with Gasteiger partial charge in [-0.1, -0.05) is 6.07 Å². The first-order valence-electron chi connectivity index (χ1n) is 7.52. The number of hydrogen-bond acceptors (Lipinski definition) is 3. The Morgan fingerprint density at radius 3 is 2.86 bits per heavy atom. The molecule has 4 heteroatoms. The van der Waals surface area contributed by atoms with Gasteiger partial charge in [-0.3, -0.25) is 9.88 Å². The maximum Gasteiger partial charge on any atom is 0.213 e. The number of hydrogen-bond donors (Lipinski definition) is 0. The summed E-state index contributed by atoms with van der Waals surface area (Å²) >= 11 is 0. The monoisotopic (exact) mass is 283 g/mol. The van der Waals surface area contributed by atoms with Crippen LogP contribution in [0.2, 0.25) is 0 Å². The van der Waals surface area contributed by atoms with Gasteiger partial charge >= 0.3 is 0 Å². The molecule has 0 N–H and O–H groups in total. The normalized spacial score (nSPS) is 28.2. The zero-order valence-corrected chi connectivity index (χ0v) is 12.0. The third-order valence-electron chi connectivity index (χ3n) is 5.08. The smallest absolute Gasteiger partial charge is 0.213 e. The molecule has 2 aliphatic heterocycles. The van der Waals surface area contributed by atoms with Crippen molar-refractivity contribution >= 4 is 0 Å². The number of rotatable bonds is 2. The first kappa shape index (κ1) is 12.9. The van der Waals surface area contributed by atoms with E-state index in [2.05, 4.69) is 28.0 Å². The highest BCUT2D eigenvalue weighted by Crippen LogP contribution is 2.45. The number of aromatic nitrogens is 2. The molecule has 0 spiro atoms. The number of fused-ring (bicyclic) bond motifs is 2. The molecule has 2 fully saturated rings. The van der Waals surface area contributed by atoms with Gasteiger partial charge in [0.05, 0.1) is 5.69 Å². The van der Waals surface area contributed by atoms with Gasteiger partial charge < -0.3 is 0 Å². The zero-order chi connectivity index (χ0) is 14.4. The minimum atomic E-state index is -0.447. The van der Waals surface area contributed by atoms with Crippen LogP contribution in [0, 0.1) is 5.95 Å². The molecular weight excluding hydrogens is 265 g/mol. The molecule has 3 nitrogen and oxygen atoms in total. The standard InChI is InChI=1S/C17H18FN3/c1-21-13-5-6-16(21)14(8-13)11-7-12(10-19-9-11)15-3-2-4-17(18)20-15/h2-4,7,9-10,13-14,16H,5-6,8H2,1H3/t13-,14+,16+/m0/s1. The minimum Gasteiger partial charge on any atom is -0.300 e. The molecule has 0 aliphatic carbocycles. The largest absolute Gasteiger partial charge is 0.300 e. The van der Waals surface area contributed by atoms with Crippen molar-refractivity contribution in [2.24, 2.45) is 0 Å². The van der Waals surface area contributed by atoms with E-state index in [0.717, 1.165) is 11.6 Å². The molecule has 3 atom stereocenters. The molecule has 0 amide bonds. The number of pyridine rings is 2.